The van der Waals surface area contributed by atoms with Crippen LogP contribution in [0, 0.1) is 0 Å². The van der Waals surface area contributed by atoms with E-state index < -0.39 is 42.4 Å². The van der Waals surface area contributed by atoms with Crippen LogP contribution in [0.25, 0.3) is 11.1 Å². The molecular weight excluding hydrogens is 428 g/mol. The van der Waals surface area contributed by atoms with Crippen LogP contribution >= 0.6 is 0 Å². The van der Waals surface area contributed by atoms with Crippen LogP contribution in [0.1, 0.15) is 36.8 Å². The van der Waals surface area contributed by atoms with Crippen molar-refractivity contribution < 1.29 is 33.8 Å². The molecule has 0 aliphatic heterocycles. The number of ether oxygens (including phenoxy) is 2. The van der Waals surface area contributed by atoms with Gasteiger partial charge in [0.15, 0.2) is 0 Å². The number of carbonyl (C=O) groups excluding carboxylic acids is 3. The van der Waals surface area contributed by atoms with Crippen LogP contribution in [0.3, 0.4) is 0 Å². The van der Waals surface area contributed by atoms with Gasteiger partial charge in [0.05, 0.1) is 13.5 Å². The van der Waals surface area contributed by atoms with Gasteiger partial charge in [-0.25, -0.2) is 9.59 Å². The van der Waals surface area contributed by atoms with Gasteiger partial charge >= 0.3 is 18.0 Å². The molecule has 0 bridgehead atoms. The minimum Gasteiger partial charge on any atom is -0.480 e. The number of methoxy groups -OCH3 is 1. The van der Waals surface area contributed by atoms with Gasteiger partial charge in [0.2, 0.25) is 5.91 Å². The molecule has 0 radical (unpaired) electrons. The Morgan fingerprint density at radius 2 is 1.52 bits per heavy atom. The van der Waals surface area contributed by atoms with Crippen LogP contribution in [0.15, 0.2) is 48.5 Å². The van der Waals surface area contributed by atoms with Crippen molar-refractivity contribution in [2.45, 2.75) is 37.8 Å². The summed E-state index contributed by atoms with van der Waals surface area (Å²) in [7, 11) is 1.13. The maximum Gasteiger partial charge on any atom is 0.407 e. The number of esters is 1. The van der Waals surface area contributed by atoms with Gasteiger partial charge in [-0.3, -0.25) is 9.59 Å². The van der Waals surface area contributed by atoms with Crippen molar-refractivity contribution in [2.75, 3.05) is 13.7 Å². The summed E-state index contributed by atoms with van der Waals surface area (Å²) < 4.78 is 9.87. The van der Waals surface area contributed by atoms with Crippen LogP contribution in [-0.2, 0) is 23.9 Å². The van der Waals surface area contributed by atoms with Gasteiger partial charge in [-0.1, -0.05) is 48.5 Å². The number of aliphatic carboxylic acids is 1. The number of carboxylic acid groups (broad SMARTS) is 1. The predicted octanol–water partition coefficient (Wildman–Crippen LogP) is 2.44. The summed E-state index contributed by atoms with van der Waals surface area (Å²) in [6.07, 6.45) is -1.36. The van der Waals surface area contributed by atoms with Gasteiger partial charge in [0, 0.05) is 18.4 Å². The third kappa shape index (κ3) is 5.88. The number of nitrogens with one attached hydrogen (secondary N) is 2. The topological polar surface area (TPSA) is 131 Å². The first-order chi connectivity index (χ1) is 15.8. The Labute approximate surface area is 191 Å². The summed E-state index contributed by atoms with van der Waals surface area (Å²) in [5.74, 6) is -2.83. The minimum atomic E-state index is -1.41. The number of carbonyl (C=O) groups is 4. The van der Waals surface area contributed by atoms with Crippen molar-refractivity contribution in [3.63, 3.8) is 0 Å². The highest BCUT2D eigenvalue weighted by atomic mass is 16.5. The highest BCUT2D eigenvalue weighted by molar-refractivity contribution is 5.87. The molecule has 0 heterocycles. The number of rotatable bonds is 9. The minimum absolute atomic E-state index is 0.0867. The zero-order valence-corrected chi connectivity index (χ0v) is 18.4. The second kappa shape index (κ2) is 10.6. The second-order valence-electron chi connectivity index (χ2n) is 7.81. The lowest BCUT2D eigenvalue weighted by Gasteiger charge is -2.18. The molecule has 2 amide bonds. The van der Waals surface area contributed by atoms with Crippen molar-refractivity contribution in [1.29, 1.82) is 0 Å². The Kier molecular flexibility index (Phi) is 7.66. The Balaban J connectivity index is 1.51. The molecule has 0 saturated heterocycles. The molecule has 33 heavy (non-hydrogen) atoms. The fourth-order valence-corrected chi connectivity index (χ4v) is 3.87. The lowest BCUT2D eigenvalue weighted by molar-refractivity contribution is -0.148. The fourth-order valence-electron chi connectivity index (χ4n) is 3.87. The molecule has 9 heteroatoms. The average Bonchev–Trinajstić information content (AvgIpc) is 3.10. The normalized spacial score (nSPS) is 13.8. The second-order valence-corrected chi connectivity index (χ2v) is 7.81. The predicted molar refractivity (Wildman–Crippen MR) is 118 cm³/mol. The molecule has 0 saturated carbocycles. The van der Waals surface area contributed by atoms with E-state index in [-0.39, 0.29) is 18.9 Å². The standard InChI is InChI=1S/C24H26N2O7/c1-14(11-21(27)26-20(23(29)30)12-22(28)32-2)25-24(31)33-13-19-17-9-5-3-7-15(17)16-8-4-6-10-18(16)19/h3-10,14,19-20H,11-13H2,1-2H3,(H,25,31)(H,26,27)(H,29,30)/t14-,20+/m0/s1. The zero-order valence-electron chi connectivity index (χ0n) is 18.4. The third-order valence-corrected chi connectivity index (χ3v) is 5.43. The maximum absolute atomic E-state index is 12.3. The number of hydrogen-bond acceptors (Lipinski definition) is 6. The molecule has 2 aromatic carbocycles. The average molecular weight is 454 g/mol. The Morgan fingerprint density at radius 3 is 2.06 bits per heavy atom. The molecule has 174 valence electrons. The lowest BCUT2D eigenvalue weighted by Crippen LogP contribution is -2.45. The van der Waals surface area contributed by atoms with Gasteiger partial charge in [-0.05, 0) is 29.2 Å². The Hall–Kier alpha value is -3.88. The van der Waals surface area contributed by atoms with E-state index in [1.165, 1.54) is 0 Å². The highest BCUT2D eigenvalue weighted by Crippen LogP contribution is 2.44. The van der Waals surface area contributed by atoms with Gasteiger partial charge < -0.3 is 25.2 Å². The van der Waals surface area contributed by atoms with Gasteiger partial charge in [0.1, 0.15) is 12.6 Å². The van der Waals surface area contributed by atoms with Crippen molar-refractivity contribution in [2.24, 2.45) is 0 Å². The van der Waals surface area contributed by atoms with Crippen molar-refractivity contribution in [1.82, 2.24) is 10.6 Å². The first-order valence-electron chi connectivity index (χ1n) is 10.5. The Morgan fingerprint density at radius 1 is 0.939 bits per heavy atom. The van der Waals surface area contributed by atoms with Crippen molar-refractivity contribution in [3.05, 3.63) is 59.7 Å². The Bertz CT molecular complexity index is 1010. The van der Waals surface area contributed by atoms with Gasteiger partial charge in [-0.15, -0.1) is 0 Å². The smallest absolute Gasteiger partial charge is 0.407 e. The molecule has 0 aromatic heterocycles. The number of fused-ring (bicyclic) bond motifs is 3. The van der Waals surface area contributed by atoms with Gasteiger partial charge in [-0.2, -0.15) is 0 Å². The largest absolute Gasteiger partial charge is 0.480 e. The monoisotopic (exact) mass is 454 g/mol. The summed E-state index contributed by atoms with van der Waals surface area (Å²) in [4.78, 5) is 47.0. The molecule has 0 unspecified atom stereocenters. The summed E-state index contributed by atoms with van der Waals surface area (Å²) in [6, 6.07) is 13.9. The molecule has 3 N–H and O–H groups in total. The molecule has 1 aliphatic rings. The molecule has 2 aromatic rings. The van der Waals surface area contributed by atoms with E-state index in [1.54, 1.807) is 6.92 Å². The molecule has 3 rings (SSSR count). The number of amides is 2. The quantitative estimate of drug-likeness (QED) is 0.496. The number of carboxylic acids is 1. The van der Waals surface area contributed by atoms with Crippen LogP contribution in [0.5, 0.6) is 0 Å². The summed E-state index contributed by atoms with van der Waals surface area (Å²) in [6.45, 7) is 1.73. The fraction of sp³-hybridized carbons (Fsp3) is 0.333. The summed E-state index contributed by atoms with van der Waals surface area (Å²) in [5.41, 5.74) is 4.41. The lowest BCUT2D eigenvalue weighted by atomic mass is 9.98. The number of benzene rings is 2. The van der Waals surface area contributed by atoms with Gasteiger partial charge in [0.25, 0.3) is 0 Å². The summed E-state index contributed by atoms with van der Waals surface area (Å²) >= 11 is 0. The van der Waals surface area contributed by atoms with Crippen LogP contribution in [0.4, 0.5) is 4.79 Å². The van der Waals surface area contributed by atoms with E-state index in [0.29, 0.717) is 0 Å². The number of hydrogen-bond donors (Lipinski definition) is 3. The van der Waals surface area contributed by atoms with E-state index in [0.717, 1.165) is 29.4 Å². The molecule has 2 atom stereocenters. The first-order valence-corrected chi connectivity index (χ1v) is 10.5. The van der Waals surface area contributed by atoms with E-state index in [4.69, 9.17) is 9.84 Å². The maximum atomic E-state index is 12.3. The molecular formula is C24H26N2O7. The third-order valence-electron chi connectivity index (χ3n) is 5.43. The molecule has 0 spiro atoms. The van der Waals surface area contributed by atoms with E-state index in [2.05, 4.69) is 15.4 Å². The van der Waals surface area contributed by atoms with Crippen molar-refractivity contribution in [3.8, 4) is 11.1 Å². The van der Waals surface area contributed by atoms with E-state index >= 15 is 0 Å². The van der Waals surface area contributed by atoms with E-state index in [1.807, 2.05) is 48.5 Å². The summed E-state index contributed by atoms with van der Waals surface area (Å²) in [5, 5.41) is 14.0. The molecule has 0 fully saturated rings. The van der Waals surface area contributed by atoms with Crippen LogP contribution in [0.2, 0.25) is 0 Å². The first kappa shape index (κ1) is 23.8. The molecule has 1 aliphatic carbocycles. The SMILES string of the molecule is COC(=O)C[C@@H](NC(=O)C[C@H](C)NC(=O)OCC1c2ccccc2-c2ccccc21)C(=O)O. The highest BCUT2D eigenvalue weighted by Gasteiger charge is 2.29. The molecule has 9 nitrogen and oxygen atoms in total. The zero-order chi connectivity index (χ0) is 24.0. The van der Waals surface area contributed by atoms with Crippen molar-refractivity contribution >= 4 is 23.9 Å². The van der Waals surface area contributed by atoms with Crippen LogP contribution < -0.4 is 10.6 Å². The van der Waals surface area contributed by atoms with E-state index in [9.17, 15) is 19.2 Å². The van der Waals surface area contributed by atoms with Crippen LogP contribution in [-0.4, -0.2) is 54.8 Å². The number of alkyl carbamates (subject to hydrolysis) is 1.